The molecular formula is C18H19F3N8O2S. The van der Waals surface area contributed by atoms with Gasteiger partial charge in [-0.2, -0.15) is 5.10 Å². The molecule has 0 aliphatic rings. The molecule has 3 rings (SSSR count). The molecular weight excluding hydrogens is 449 g/mol. The summed E-state index contributed by atoms with van der Waals surface area (Å²) in [6.45, 7) is 4.69. The second-order valence-corrected chi connectivity index (χ2v) is 8.05. The standard InChI is InChI=1S/C18H19F3N8O2S/c1-8-6-9(2)29(27-8)17-25-26-18(28(17)22)32-10(3)16(31)23-7-13(30)24-12-5-4-11(19)14(20)15(12)21/h4-6,10H,7,22H2,1-3H3,(H,23,31)(H,24,30). The number of rotatable bonds is 7. The van der Waals surface area contributed by atoms with Crippen molar-refractivity contribution in [2.24, 2.45) is 0 Å². The Morgan fingerprint density at radius 3 is 2.56 bits per heavy atom. The fourth-order valence-electron chi connectivity index (χ4n) is 2.67. The van der Waals surface area contributed by atoms with Gasteiger partial charge in [0.25, 0.3) is 5.95 Å². The molecule has 32 heavy (non-hydrogen) atoms. The zero-order valence-electron chi connectivity index (χ0n) is 17.2. The van der Waals surface area contributed by atoms with E-state index in [1.807, 2.05) is 19.9 Å². The van der Waals surface area contributed by atoms with Crippen molar-refractivity contribution in [3.8, 4) is 5.95 Å². The summed E-state index contributed by atoms with van der Waals surface area (Å²) in [6.07, 6.45) is 0. The summed E-state index contributed by atoms with van der Waals surface area (Å²) < 4.78 is 42.5. The number of anilines is 1. The molecule has 1 unspecified atom stereocenters. The SMILES string of the molecule is Cc1cc(C)n(-c2nnc(SC(C)C(=O)NCC(=O)Nc3ccc(F)c(F)c3F)n2N)n1. The van der Waals surface area contributed by atoms with Crippen molar-refractivity contribution in [3.05, 3.63) is 47.0 Å². The quantitative estimate of drug-likeness (QED) is 0.272. The average Bonchev–Trinajstić information content (AvgIpc) is 3.27. The highest BCUT2D eigenvalue weighted by atomic mass is 32.2. The van der Waals surface area contributed by atoms with Gasteiger partial charge in [-0.05, 0) is 39.0 Å². The van der Waals surface area contributed by atoms with Crippen molar-refractivity contribution in [3.63, 3.8) is 0 Å². The van der Waals surface area contributed by atoms with E-state index >= 15 is 0 Å². The maximum absolute atomic E-state index is 13.6. The summed E-state index contributed by atoms with van der Waals surface area (Å²) in [5.74, 6) is 0.311. The number of nitrogens with zero attached hydrogens (tertiary/aromatic N) is 5. The number of carbonyl (C=O) groups excluding carboxylic acids is 2. The van der Waals surface area contributed by atoms with Crippen LogP contribution in [0.2, 0.25) is 0 Å². The first-order chi connectivity index (χ1) is 15.1. The fraction of sp³-hybridized carbons (Fsp3) is 0.278. The molecule has 0 spiro atoms. The number of hydrogen-bond acceptors (Lipinski definition) is 7. The lowest BCUT2D eigenvalue weighted by Crippen LogP contribution is -2.37. The van der Waals surface area contributed by atoms with E-state index < -0.39 is 46.7 Å². The summed E-state index contributed by atoms with van der Waals surface area (Å²) in [4.78, 5) is 24.2. The highest BCUT2D eigenvalue weighted by Crippen LogP contribution is 2.22. The Labute approximate surface area is 184 Å². The van der Waals surface area contributed by atoms with E-state index in [4.69, 9.17) is 5.84 Å². The molecule has 1 aromatic carbocycles. The molecule has 0 saturated carbocycles. The Morgan fingerprint density at radius 1 is 1.19 bits per heavy atom. The van der Waals surface area contributed by atoms with Crippen LogP contribution in [0.1, 0.15) is 18.3 Å². The van der Waals surface area contributed by atoms with Crippen LogP contribution in [0.4, 0.5) is 18.9 Å². The molecule has 0 bridgehead atoms. The first-order valence-corrected chi connectivity index (χ1v) is 10.1. The summed E-state index contributed by atoms with van der Waals surface area (Å²) in [7, 11) is 0. The number of thioether (sulfide) groups is 1. The summed E-state index contributed by atoms with van der Waals surface area (Å²) in [5, 5.41) is 16.2. The van der Waals surface area contributed by atoms with Gasteiger partial charge < -0.3 is 16.5 Å². The maximum atomic E-state index is 13.6. The Balaban J connectivity index is 1.57. The number of amides is 2. The summed E-state index contributed by atoms with van der Waals surface area (Å²) in [5.41, 5.74) is 1.03. The molecule has 0 aliphatic heterocycles. The second-order valence-electron chi connectivity index (χ2n) is 6.74. The van der Waals surface area contributed by atoms with Gasteiger partial charge in [-0.15, -0.1) is 10.2 Å². The van der Waals surface area contributed by atoms with Crippen LogP contribution in [0, 0.1) is 31.3 Å². The first kappa shape index (κ1) is 23.1. The number of nitrogen functional groups attached to an aromatic ring is 1. The molecule has 0 saturated heterocycles. The third-order valence-corrected chi connectivity index (χ3v) is 5.29. The van der Waals surface area contributed by atoms with Gasteiger partial charge in [-0.25, -0.2) is 22.5 Å². The molecule has 2 aromatic heterocycles. The normalized spacial score (nSPS) is 11.9. The van der Waals surface area contributed by atoms with Gasteiger partial charge in [-0.3, -0.25) is 9.59 Å². The molecule has 14 heteroatoms. The number of aryl methyl sites for hydroxylation is 2. The van der Waals surface area contributed by atoms with Gasteiger partial charge in [0.05, 0.1) is 23.2 Å². The molecule has 4 N–H and O–H groups in total. The largest absolute Gasteiger partial charge is 0.346 e. The fourth-order valence-corrected chi connectivity index (χ4v) is 3.45. The topological polar surface area (TPSA) is 133 Å². The van der Waals surface area contributed by atoms with Gasteiger partial charge in [-0.1, -0.05) is 11.8 Å². The van der Waals surface area contributed by atoms with Crippen LogP contribution in [0.15, 0.2) is 23.4 Å². The lowest BCUT2D eigenvalue weighted by atomic mass is 10.2. The molecule has 170 valence electrons. The van der Waals surface area contributed by atoms with E-state index in [0.29, 0.717) is 6.07 Å². The number of hydrogen-bond donors (Lipinski definition) is 3. The summed E-state index contributed by atoms with van der Waals surface area (Å²) >= 11 is 0.996. The van der Waals surface area contributed by atoms with Crippen molar-refractivity contribution >= 4 is 29.3 Å². The molecule has 0 fully saturated rings. The smallest absolute Gasteiger partial charge is 0.271 e. The zero-order valence-corrected chi connectivity index (χ0v) is 18.0. The van der Waals surface area contributed by atoms with Crippen molar-refractivity contribution in [2.75, 3.05) is 17.7 Å². The van der Waals surface area contributed by atoms with Crippen LogP contribution in [0.3, 0.4) is 0 Å². The molecule has 0 radical (unpaired) electrons. The van der Waals surface area contributed by atoms with E-state index in [1.165, 1.54) is 9.36 Å². The van der Waals surface area contributed by atoms with Gasteiger partial charge in [0.2, 0.25) is 17.0 Å². The lowest BCUT2D eigenvalue weighted by molar-refractivity contribution is -0.123. The first-order valence-electron chi connectivity index (χ1n) is 9.20. The molecule has 2 heterocycles. The number of halogens is 3. The van der Waals surface area contributed by atoms with Gasteiger partial charge in [0.15, 0.2) is 17.5 Å². The van der Waals surface area contributed by atoms with Gasteiger partial charge >= 0.3 is 0 Å². The van der Waals surface area contributed by atoms with Crippen molar-refractivity contribution in [1.82, 2.24) is 30.0 Å². The predicted molar refractivity (Wildman–Crippen MR) is 110 cm³/mol. The van der Waals surface area contributed by atoms with E-state index in [-0.39, 0.29) is 11.1 Å². The third kappa shape index (κ3) is 4.85. The Hall–Kier alpha value is -3.55. The highest BCUT2D eigenvalue weighted by Gasteiger charge is 2.22. The van der Waals surface area contributed by atoms with Crippen molar-refractivity contribution in [1.29, 1.82) is 0 Å². The van der Waals surface area contributed by atoms with Crippen LogP contribution in [-0.4, -0.2) is 48.3 Å². The van der Waals surface area contributed by atoms with Crippen LogP contribution >= 0.6 is 11.8 Å². The minimum Gasteiger partial charge on any atom is -0.346 e. The maximum Gasteiger partial charge on any atom is 0.271 e. The summed E-state index contributed by atoms with van der Waals surface area (Å²) in [6, 6.07) is 3.39. The average molecular weight is 468 g/mol. The highest BCUT2D eigenvalue weighted by molar-refractivity contribution is 8.00. The second kappa shape index (κ2) is 9.30. The van der Waals surface area contributed by atoms with Gasteiger partial charge in [0, 0.05) is 5.69 Å². The van der Waals surface area contributed by atoms with E-state index in [9.17, 15) is 22.8 Å². The predicted octanol–water partition coefficient (Wildman–Crippen LogP) is 1.45. The minimum absolute atomic E-state index is 0.239. The van der Waals surface area contributed by atoms with Crippen molar-refractivity contribution < 1.29 is 22.8 Å². The van der Waals surface area contributed by atoms with Crippen LogP contribution in [0.5, 0.6) is 0 Å². The number of nitrogens with one attached hydrogen (secondary N) is 2. The Kier molecular flexibility index (Phi) is 6.72. The Morgan fingerprint density at radius 2 is 1.91 bits per heavy atom. The molecule has 10 nitrogen and oxygen atoms in total. The van der Waals surface area contributed by atoms with E-state index in [2.05, 4.69) is 25.9 Å². The van der Waals surface area contributed by atoms with Crippen LogP contribution < -0.4 is 16.5 Å². The number of aromatic nitrogens is 5. The molecule has 3 aromatic rings. The number of carbonyl (C=O) groups is 2. The van der Waals surface area contributed by atoms with Gasteiger partial charge in [0.1, 0.15) is 0 Å². The van der Waals surface area contributed by atoms with E-state index in [1.54, 1.807) is 6.92 Å². The molecule has 2 amide bonds. The number of nitrogens with two attached hydrogens (primary N) is 1. The number of benzene rings is 1. The zero-order chi connectivity index (χ0) is 23.6. The van der Waals surface area contributed by atoms with Crippen LogP contribution in [0.25, 0.3) is 5.95 Å². The molecule has 0 aliphatic carbocycles. The molecule has 1 atom stereocenters. The Bertz CT molecular complexity index is 1180. The lowest BCUT2D eigenvalue weighted by Gasteiger charge is -2.12. The van der Waals surface area contributed by atoms with Crippen molar-refractivity contribution in [2.45, 2.75) is 31.2 Å². The van der Waals surface area contributed by atoms with Crippen LogP contribution in [-0.2, 0) is 9.59 Å². The monoisotopic (exact) mass is 468 g/mol. The third-order valence-electron chi connectivity index (χ3n) is 4.23. The minimum atomic E-state index is -1.71. The van der Waals surface area contributed by atoms with E-state index in [0.717, 1.165) is 29.2 Å².